The van der Waals surface area contributed by atoms with Gasteiger partial charge in [0.05, 0.1) is 18.1 Å². The lowest BCUT2D eigenvalue weighted by molar-refractivity contribution is 0.458. The Morgan fingerprint density at radius 1 is 1.19 bits per heavy atom. The molecule has 0 radical (unpaired) electrons. The molecule has 0 fully saturated rings. The second-order valence-corrected chi connectivity index (χ2v) is 5.38. The summed E-state index contributed by atoms with van der Waals surface area (Å²) in [5.41, 5.74) is 1.98. The molecule has 2 rings (SSSR count). The largest absolute Gasteiger partial charge is 0.437 e. The number of ether oxygens (including phenoxy) is 1. The summed E-state index contributed by atoms with van der Waals surface area (Å²) >= 11 is 0. The zero-order chi connectivity index (χ0) is 15.2. The molecule has 5 heteroatoms. The van der Waals surface area contributed by atoms with Gasteiger partial charge in [0.15, 0.2) is 0 Å². The SMILES string of the molecule is CC(C)NCc1cnc(Oc2cccc(N(C)C)c2)cn1. The standard InChI is InChI=1S/C16H22N4O/c1-12(2)17-9-13-10-19-16(11-18-13)21-15-7-5-6-14(8-15)20(3)4/h5-8,10-12,17H,9H2,1-4H3. The van der Waals surface area contributed by atoms with Crippen molar-refractivity contribution in [2.45, 2.75) is 26.4 Å². The van der Waals surface area contributed by atoms with Gasteiger partial charge in [0.1, 0.15) is 5.75 Å². The summed E-state index contributed by atoms with van der Waals surface area (Å²) in [6.07, 6.45) is 3.39. The molecule has 0 amide bonds. The highest BCUT2D eigenvalue weighted by Crippen LogP contribution is 2.23. The summed E-state index contributed by atoms with van der Waals surface area (Å²) in [6, 6.07) is 8.29. The van der Waals surface area contributed by atoms with Gasteiger partial charge in [0, 0.05) is 38.4 Å². The van der Waals surface area contributed by atoms with Gasteiger partial charge in [-0.15, -0.1) is 0 Å². The van der Waals surface area contributed by atoms with E-state index in [1.54, 1.807) is 12.4 Å². The van der Waals surface area contributed by atoms with Crippen LogP contribution < -0.4 is 15.0 Å². The normalized spacial score (nSPS) is 10.7. The van der Waals surface area contributed by atoms with Gasteiger partial charge in [-0.2, -0.15) is 0 Å². The predicted molar refractivity (Wildman–Crippen MR) is 84.9 cm³/mol. The van der Waals surface area contributed by atoms with E-state index in [-0.39, 0.29) is 0 Å². The molecule has 0 saturated heterocycles. The predicted octanol–water partition coefficient (Wildman–Crippen LogP) is 2.83. The van der Waals surface area contributed by atoms with E-state index in [1.807, 2.05) is 43.3 Å². The maximum atomic E-state index is 5.73. The summed E-state index contributed by atoms with van der Waals surface area (Å²) in [7, 11) is 3.99. The van der Waals surface area contributed by atoms with Crippen LogP contribution >= 0.6 is 0 Å². The highest BCUT2D eigenvalue weighted by atomic mass is 16.5. The van der Waals surface area contributed by atoms with E-state index in [9.17, 15) is 0 Å². The Kier molecular flexibility index (Phi) is 5.11. The van der Waals surface area contributed by atoms with Crippen LogP contribution in [0.25, 0.3) is 0 Å². The summed E-state index contributed by atoms with van der Waals surface area (Å²) in [5, 5.41) is 3.30. The third kappa shape index (κ3) is 4.72. The van der Waals surface area contributed by atoms with Crippen LogP contribution in [0, 0.1) is 0 Å². The van der Waals surface area contributed by atoms with Crippen LogP contribution in [0.3, 0.4) is 0 Å². The van der Waals surface area contributed by atoms with Gasteiger partial charge >= 0.3 is 0 Å². The van der Waals surface area contributed by atoms with Crippen molar-refractivity contribution < 1.29 is 4.74 Å². The van der Waals surface area contributed by atoms with Crippen LogP contribution in [0.5, 0.6) is 11.6 Å². The Hall–Kier alpha value is -2.14. The number of aromatic nitrogens is 2. The lowest BCUT2D eigenvalue weighted by Gasteiger charge is -2.13. The molecule has 0 aliphatic heterocycles. The van der Waals surface area contributed by atoms with Gasteiger partial charge < -0.3 is 15.0 Å². The summed E-state index contributed by atoms with van der Waals surface area (Å²) in [5.74, 6) is 1.25. The van der Waals surface area contributed by atoms with Crippen molar-refractivity contribution in [3.8, 4) is 11.6 Å². The van der Waals surface area contributed by atoms with E-state index >= 15 is 0 Å². The first-order valence-corrected chi connectivity index (χ1v) is 7.04. The lowest BCUT2D eigenvalue weighted by Crippen LogP contribution is -2.22. The minimum absolute atomic E-state index is 0.427. The van der Waals surface area contributed by atoms with Crippen molar-refractivity contribution in [1.82, 2.24) is 15.3 Å². The first-order chi connectivity index (χ1) is 10.0. The zero-order valence-electron chi connectivity index (χ0n) is 13.0. The summed E-state index contributed by atoms with van der Waals surface area (Å²) in [4.78, 5) is 10.7. The second kappa shape index (κ2) is 7.04. The van der Waals surface area contributed by atoms with Gasteiger partial charge in [-0.05, 0) is 12.1 Å². The Morgan fingerprint density at radius 3 is 2.62 bits per heavy atom. The molecule has 0 unspecified atom stereocenters. The Balaban J connectivity index is 2.01. The van der Waals surface area contributed by atoms with Crippen molar-refractivity contribution in [2.75, 3.05) is 19.0 Å². The molecule has 5 nitrogen and oxygen atoms in total. The van der Waals surface area contributed by atoms with Crippen molar-refractivity contribution >= 4 is 5.69 Å². The Labute approximate surface area is 126 Å². The number of benzene rings is 1. The van der Waals surface area contributed by atoms with Crippen molar-refractivity contribution in [3.05, 3.63) is 42.4 Å². The third-order valence-electron chi connectivity index (χ3n) is 2.93. The molecule has 1 heterocycles. The molecule has 0 spiro atoms. The third-order valence-corrected chi connectivity index (χ3v) is 2.93. The smallest absolute Gasteiger partial charge is 0.237 e. The maximum Gasteiger partial charge on any atom is 0.237 e. The molecule has 0 saturated carbocycles. The fourth-order valence-corrected chi connectivity index (χ4v) is 1.74. The van der Waals surface area contributed by atoms with E-state index in [0.29, 0.717) is 18.5 Å². The van der Waals surface area contributed by atoms with Crippen LogP contribution in [0.2, 0.25) is 0 Å². The Morgan fingerprint density at radius 2 is 2.00 bits per heavy atom. The van der Waals surface area contributed by atoms with Crippen LogP contribution in [0.4, 0.5) is 5.69 Å². The quantitative estimate of drug-likeness (QED) is 0.885. The highest BCUT2D eigenvalue weighted by Gasteiger charge is 2.03. The fourth-order valence-electron chi connectivity index (χ4n) is 1.74. The first kappa shape index (κ1) is 15.3. The molecular formula is C16H22N4O. The molecule has 21 heavy (non-hydrogen) atoms. The minimum Gasteiger partial charge on any atom is -0.437 e. The molecule has 1 aromatic heterocycles. The van der Waals surface area contributed by atoms with E-state index in [0.717, 1.165) is 17.1 Å². The van der Waals surface area contributed by atoms with Gasteiger partial charge in [0.25, 0.3) is 0 Å². The maximum absolute atomic E-state index is 5.73. The minimum atomic E-state index is 0.427. The average Bonchev–Trinajstić information content (AvgIpc) is 2.47. The van der Waals surface area contributed by atoms with Crippen molar-refractivity contribution in [2.24, 2.45) is 0 Å². The number of rotatable bonds is 6. The lowest BCUT2D eigenvalue weighted by atomic mass is 10.3. The molecule has 112 valence electrons. The summed E-state index contributed by atoms with van der Waals surface area (Å²) in [6.45, 7) is 4.91. The number of hydrogen-bond donors (Lipinski definition) is 1. The average molecular weight is 286 g/mol. The van der Waals surface area contributed by atoms with E-state index in [1.165, 1.54) is 0 Å². The van der Waals surface area contributed by atoms with E-state index < -0.39 is 0 Å². The number of anilines is 1. The summed E-state index contributed by atoms with van der Waals surface area (Å²) < 4.78 is 5.73. The molecule has 0 aliphatic rings. The fraction of sp³-hybridized carbons (Fsp3) is 0.375. The second-order valence-electron chi connectivity index (χ2n) is 5.38. The number of nitrogens with zero attached hydrogens (tertiary/aromatic N) is 3. The molecule has 2 aromatic rings. The molecule has 1 N–H and O–H groups in total. The highest BCUT2D eigenvalue weighted by molar-refractivity contribution is 5.49. The van der Waals surface area contributed by atoms with Crippen LogP contribution in [-0.2, 0) is 6.54 Å². The molecule has 0 bridgehead atoms. The van der Waals surface area contributed by atoms with Crippen LogP contribution in [-0.4, -0.2) is 30.1 Å². The molecule has 0 atom stereocenters. The van der Waals surface area contributed by atoms with Crippen LogP contribution in [0.15, 0.2) is 36.7 Å². The monoisotopic (exact) mass is 286 g/mol. The number of nitrogens with one attached hydrogen (secondary N) is 1. The van der Waals surface area contributed by atoms with Crippen LogP contribution in [0.1, 0.15) is 19.5 Å². The van der Waals surface area contributed by atoms with Gasteiger partial charge in [-0.3, -0.25) is 4.98 Å². The number of hydrogen-bond acceptors (Lipinski definition) is 5. The van der Waals surface area contributed by atoms with E-state index in [4.69, 9.17) is 4.74 Å². The zero-order valence-corrected chi connectivity index (χ0v) is 13.0. The molecular weight excluding hydrogens is 264 g/mol. The van der Waals surface area contributed by atoms with E-state index in [2.05, 4.69) is 29.1 Å². The van der Waals surface area contributed by atoms with Gasteiger partial charge in [-0.25, -0.2) is 4.98 Å². The Bertz CT molecular complexity index is 567. The topological polar surface area (TPSA) is 50.3 Å². The molecule has 1 aromatic carbocycles. The van der Waals surface area contributed by atoms with Gasteiger partial charge in [-0.1, -0.05) is 19.9 Å². The molecule has 0 aliphatic carbocycles. The first-order valence-electron chi connectivity index (χ1n) is 7.04. The van der Waals surface area contributed by atoms with Gasteiger partial charge in [0.2, 0.25) is 5.88 Å². The van der Waals surface area contributed by atoms with Crippen molar-refractivity contribution in [1.29, 1.82) is 0 Å². The van der Waals surface area contributed by atoms with Crippen molar-refractivity contribution in [3.63, 3.8) is 0 Å².